The average molecular weight is 207 g/mol. The van der Waals surface area contributed by atoms with Crippen LogP contribution in [-0.4, -0.2) is 12.6 Å². The third kappa shape index (κ3) is 3.59. The van der Waals surface area contributed by atoms with Gasteiger partial charge in [-0.2, -0.15) is 5.26 Å². The molecule has 0 saturated carbocycles. The summed E-state index contributed by atoms with van der Waals surface area (Å²) in [6, 6.07) is 2.01. The minimum Gasteiger partial charge on any atom is -0.465 e. The Bertz CT molecular complexity index is 308. The second kappa shape index (κ2) is 6.02. The van der Waals surface area contributed by atoms with Gasteiger partial charge in [-0.05, 0) is 27.2 Å². The Morgan fingerprint density at radius 1 is 1.60 bits per heavy atom. The third-order valence-corrected chi connectivity index (χ3v) is 1.84. The van der Waals surface area contributed by atoms with Gasteiger partial charge in [0.25, 0.3) is 0 Å². The summed E-state index contributed by atoms with van der Waals surface area (Å²) >= 11 is 0. The molecule has 0 fully saturated rings. The fraction of sp³-hybridized carbons (Fsp3) is 0.500. The van der Waals surface area contributed by atoms with Gasteiger partial charge in [0.15, 0.2) is 5.41 Å². The zero-order valence-corrected chi connectivity index (χ0v) is 9.54. The van der Waals surface area contributed by atoms with Gasteiger partial charge in [-0.3, -0.25) is 0 Å². The molecule has 0 radical (unpaired) electrons. The Balaban J connectivity index is 5.16. The first kappa shape index (κ1) is 13.4. The number of carbonyl (C=O) groups excluding carboxylic acids is 1. The van der Waals surface area contributed by atoms with Crippen LogP contribution in [0.15, 0.2) is 24.3 Å². The van der Waals surface area contributed by atoms with Crippen molar-refractivity contribution in [3.8, 4) is 6.07 Å². The van der Waals surface area contributed by atoms with Gasteiger partial charge >= 0.3 is 5.97 Å². The van der Waals surface area contributed by atoms with Crippen LogP contribution in [0.5, 0.6) is 0 Å². The normalized spacial score (nSPS) is 13.2. The summed E-state index contributed by atoms with van der Waals surface area (Å²) in [5.41, 5.74) is -0.303. The van der Waals surface area contributed by atoms with Crippen LogP contribution >= 0.6 is 0 Å². The summed E-state index contributed by atoms with van der Waals surface area (Å²) in [5.74, 6) is -0.506. The van der Waals surface area contributed by atoms with Gasteiger partial charge in [-0.15, -0.1) is 6.58 Å². The van der Waals surface area contributed by atoms with Gasteiger partial charge in [0.05, 0.1) is 12.7 Å². The molecule has 0 saturated heterocycles. The highest BCUT2D eigenvalue weighted by Gasteiger charge is 2.36. The lowest BCUT2D eigenvalue weighted by atomic mass is 9.84. The second-order valence-electron chi connectivity index (χ2n) is 3.52. The lowest BCUT2D eigenvalue weighted by Gasteiger charge is -2.19. The van der Waals surface area contributed by atoms with Crippen LogP contribution in [-0.2, 0) is 9.53 Å². The molecule has 3 nitrogen and oxygen atoms in total. The van der Waals surface area contributed by atoms with E-state index >= 15 is 0 Å². The molecule has 0 aliphatic carbocycles. The molecule has 3 heteroatoms. The van der Waals surface area contributed by atoms with Crippen LogP contribution < -0.4 is 0 Å². The molecular weight excluding hydrogens is 190 g/mol. The van der Waals surface area contributed by atoms with Gasteiger partial charge < -0.3 is 4.74 Å². The fourth-order valence-corrected chi connectivity index (χ4v) is 1.31. The van der Waals surface area contributed by atoms with Crippen LogP contribution in [0.1, 0.15) is 27.2 Å². The summed E-state index contributed by atoms with van der Waals surface area (Å²) in [7, 11) is 0. The first-order valence-corrected chi connectivity index (χ1v) is 4.88. The van der Waals surface area contributed by atoms with Gasteiger partial charge in [0, 0.05) is 0 Å². The SMILES string of the molecule is C=CCC(C#N)(C=C(C)C)C(=O)OCC. The van der Waals surface area contributed by atoms with Crippen molar-refractivity contribution in [1.82, 2.24) is 0 Å². The maximum absolute atomic E-state index is 11.7. The maximum Gasteiger partial charge on any atom is 0.330 e. The van der Waals surface area contributed by atoms with E-state index in [9.17, 15) is 4.79 Å². The zero-order valence-electron chi connectivity index (χ0n) is 9.54. The molecule has 0 N–H and O–H groups in total. The van der Waals surface area contributed by atoms with E-state index in [1.54, 1.807) is 19.1 Å². The van der Waals surface area contributed by atoms with Crippen molar-refractivity contribution >= 4 is 5.97 Å². The summed E-state index contributed by atoms with van der Waals surface area (Å²) in [6.45, 7) is 9.23. The lowest BCUT2D eigenvalue weighted by Crippen LogP contribution is -2.29. The highest BCUT2D eigenvalue weighted by molar-refractivity contribution is 5.82. The lowest BCUT2D eigenvalue weighted by molar-refractivity contribution is -0.149. The number of hydrogen-bond acceptors (Lipinski definition) is 3. The third-order valence-electron chi connectivity index (χ3n) is 1.84. The Labute approximate surface area is 91.0 Å². The highest BCUT2D eigenvalue weighted by Crippen LogP contribution is 2.27. The molecule has 0 aliphatic heterocycles. The minimum absolute atomic E-state index is 0.271. The summed E-state index contributed by atoms with van der Waals surface area (Å²) in [5, 5.41) is 9.11. The predicted octanol–water partition coefficient (Wildman–Crippen LogP) is 2.60. The topological polar surface area (TPSA) is 50.1 Å². The standard InChI is InChI=1S/C12H17NO2/c1-5-7-12(9-13,8-10(3)4)11(14)15-6-2/h5,8H,1,6-7H2,2-4H3. The molecule has 82 valence electrons. The Hall–Kier alpha value is -1.56. The average Bonchev–Trinajstić information content (AvgIpc) is 2.16. The number of hydrogen-bond donors (Lipinski definition) is 0. The first-order chi connectivity index (χ1) is 7.02. The van der Waals surface area contributed by atoms with Crippen LogP contribution in [0.2, 0.25) is 0 Å². The summed E-state index contributed by atoms with van der Waals surface area (Å²) in [4.78, 5) is 11.7. The van der Waals surface area contributed by atoms with Crippen molar-refractivity contribution in [1.29, 1.82) is 5.26 Å². The molecule has 0 aliphatic rings. The molecule has 0 aromatic heterocycles. The van der Waals surface area contributed by atoms with E-state index in [1.807, 2.05) is 19.9 Å². The predicted molar refractivity (Wildman–Crippen MR) is 58.9 cm³/mol. The molecule has 0 aromatic carbocycles. The number of nitrogens with zero attached hydrogens (tertiary/aromatic N) is 1. The van der Waals surface area contributed by atoms with E-state index in [0.29, 0.717) is 0 Å². The van der Waals surface area contributed by atoms with E-state index < -0.39 is 11.4 Å². The van der Waals surface area contributed by atoms with Gasteiger partial charge in [0.2, 0.25) is 0 Å². The van der Waals surface area contributed by atoms with Crippen molar-refractivity contribution < 1.29 is 9.53 Å². The molecular formula is C12H17NO2. The van der Waals surface area contributed by atoms with Crippen molar-refractivity contribution in [2.24, 2.45) is 5.41 Å². The maximum atomic E-state index is 11.7. The van der Waals surface area contributed by atoms with E-state index in [-0.39, 0.29) is 13.0 Å². The number of ether oxygens (including phenoxy) is 1. The number of carbonyl (C=O) groups is 1. The van der Waals surface area contributed by atoms with E-state index in [4.69, 9.17) is 10.00 Å². The Morgan fingerprint density at radius 3 is 2.53 bits per heavy atom. The van der Waals surface area contributed by atoms with Crippen molar-refractivity contribution in [3.63, 3.8) is 0 Å². The zero-order chi connectivity index (χ0) is 11.9. The van der Waals surface area contributed by atoms with E-state index in [0.717, 1.165) is 5.57 Å². The number of rotatable bonds is 5. The Morgan fingerprint density at radius 2 is 2.20 bits per heavy atom. The monoisotopic (exact) mass is 207 g/mol. The van der Waals surface area contributed by atoms with E-state index in [2.05, 4.69) is 6.58 Å². The van der Waals surface area contributed by atoms with Crippen molar-refractivity contribution in [2.75, 3.05) is 6.61 Å². The molecule has 0 bridgehead atoms. The molecule has 0 rings (SSSR count). The van der Waals surface area contributed by atoms with Gasteiger partial charge in [-0.25, -0.2) is 4.79 Å². The molecule has 1 atom stereocenters. The van der Waals surface area contributed by atoms with Crippen molar-refractivity contribution in [3.05, 3.63) is 24.3 Å². The first-order valence-electron chi connectivity index (χ1n) is 4.88. The van der Waals surface area contributed by atoms with E-state index in [1.165, 1.54) is 0 Å². The van der Waals surface area contributed by atoms with Gasteiger partial charge in [-0.1, -0.05) is 17.7 Å². The molecule has 15 heavy (non-hydrogen) atoms. The largest absolute Gasteiger partial charge is 0.465 e. The fourth-order valence-electron chi connectivity index (χ4n) is 1.31. The highest BCUT2D eigenvalue weighted by atomic mass is 16.5. The van der Waals surface area contributed by atoms with Crippen LogP contribution in [0, 0.1) is 16.7 Å². The quantitative estimate of drug-likeness (QED) is 0.514. The molecule has 1 unspecified atom stereocenters. The van der Waals surface area contributed by atoms with Crippen LogP contribution in [0.25, 0.3) is 0 Å². The molecule has 0 heterocycles. The van der Waals surface area contributed by atoms with Gasteiger partial charge in [0.1, 0.15) is 0 Å². The smallest absolute Gasteiger partial charge is 0.330 e. The summed E-state index contributed by atoms with van der Waals surface area (Å²) in [6.07, 6.45) is 3.46. The van der Waals surface area contributed by atoms with Crippen LogP contribution in [0.4, 0.5) is 0 Å². The minimum atomic E-state index is -1.21. The van der Waals surface area contributed by atoms with Crippen LogP contribution in [0.3, 0.4) is 0 Å². The second-order valence-corrected chi connectivity index (χ2v) is 3.52. The summed E-state index contributed by atoms with van der Waals surface area (Å²) < 4.78 is 4.90. The molecule has 0 spiro atoms. The number of allylic oxidation sites excluding steroid dienone is 2. The number of esters is 1. The molecule has 0 aromatic rings. The Kier molecular flexibility index (Phi) is 5.40. The molecule has 0 amide bonds. The number of nitriles is 1. The van der Waals surface area contributed by atoms with Crippen molar-refractivity contribution in [2.45, 2.75) is 27.2 Å².